The van der Waals surface area contributed by atoms with Crippen molar-refractivity contribution in [2.24, 2.45) is 0 Å². The van der Waals surface area contributed by atoms with Crippen molar-refractivity contribution < 1.29 is 4.42 Å². The topological polar surface area (TPSA) is 60.0 Å². The van der Waals surface area contributed by atoms with Crippen molar-refractivity contribution in [3.8, 4) is 0 Å². The van der Waals surface area contributed by atoms with Crippen LogP contribution in [-0.4, -0.2) is 32.3 Å². The molecule has 4 rings (SSSR count). The van der Waals surface area contributed by atoms with Gasteiger partial charge in [-0.05, 0) is 31.4 Å². The fourth-order valence-electron chi connectivity index (χ4n) is 2.97. The number of anilines is 1. The van der Waals surface area contributed by atoms with E-state index in [4.69, 9.17) is 4.42 Å². The van der Waals surface area contributed by atoms with Gasteiger partial charge in [-0.1, -0.05) is 12.1 Å². The fourth-order valence-corrected chi connectivity index (χ4v) is 2.97. The van der Waals surface area contributed by atoms with Crippen LogP contribution in [0.1, 0.15) is 19.3 Å². The van der Waals surface area contributed by atoms with E-state index >= 15 is 0 Å². The lowest BCUT2D eigenvalue weighted by molar-refractivity contribution is 0.376. The van der Waals surface area contributed by atoms with Crippen molar-refractivity contribution >= 4 is 17.1 Å². The van der Waals surface area contributed by atoms with Crippen LogP contribution in [0.3, 0.4) is 0 Å². The predicted molar refractivity (Wildman–Crippen MR) is 79.0 cm³/mol. The molecular weight excluding hydrogens is 266 g/mol. The van der Waals surface area contributed by atoms with Crippen molar-refractivity contribution in [2.45, 2.75) is 31.8 Å². The summed E-state index contributed by atoms with van der Waals surface area (Å²) < 4.78 is 7.81. The van der Waals surface area contributed by atoms with Crippen LogP contribution < -0.4 is 4.90 Å². The summed E-state index contributed by atoms with van der Waals surface area (Å²) in [5.41, 5.74) is 1.76. The van der Waals surface area contributed by atoms with Crippen LogP contribution in [0.4, 0.5) is 6.01 Å². The van der Waals surface area contributed by atoms with Crippen molar-refractivity contribution in [1.29, 1.82) is 0 Å². The standard InChI is InChI=1S/C15H17N5O/c1-2-7-14-13(6-1)18-15(21-14)20-8-4-3-5-12(20)9-19-11-16-10-17-19/h1-2,6-7,10-12H,3-5,8-9H2. The number of hydrogen-bond acceptors (Lipinski definition) is 5. The lowest BCUT2D eigenvalue weighted by Crippen LogP contribution is -2.42. The molecule has 0 radical (unpaired) electrons. The second kappa shape index (κ2) is 5.20. The van der Waals surface area contributed by atoms with Crippen molar-refractivity contribution in [1.82, 2.24) is 19.7 Å². The molecule has 3 heterocycles. The number of fused-ring (bicyclic) bond motifs is 1. The summed E-state index contributed by atoms with van der Waals surface area (Å²) >= 11 is 0. The molecule has 0 amide bonds. The van der Waals surface area contributed by atoms with E-state index in [2.05, 4.69) is 20.0 Å². The second-order valence-electron chi connectivity index (χ2n) is 5.42. The number of nitrogens with zero attached hydrogens (tertiary/aromatic N) is 5. The molecule has 1 fully saturated rings. The van der Waals surface area contributed by atoms with Gasteiger partial charge in [0.25, 0.3) is 6.01 Å². The number of para-hydroxylation sites is 2. The largest absolute Gasteiger partial charge is 0.423 e. The third-order valence-electron chi connectivity index (χ3n) is 4.02. The molecule has 6 nitrogen and oxygen atoms in total. The molecule has 6 heteroatoms. The summed E-state index contributed by atoms with van der Waals surface area (Å²) in [6, 6.07) is 8.98. The monoisotopic (exact) mass is 283 g/mol. The van der Waals surface area contributed by atoms with Crippen LogP contribution in [0.15, 0.2) is 41.3 Å². The third-order valence-corrected chi connectivity index (χ3v) is 4.02. The summed E-state index contributed by atoms with van der Waals surface area (Å²) in [5.74, 6) is 0. The molecule has 1 aromatic carbocycles. The van der Waals surface area contributed by atoms with Gasteiger partial charge in [0.05, 0.1) is 12.6 Å². The summed E-state index contributed by atoms with van der Waals surface area (Å²) in [7, 11) is 0. The highest BCUT2D eigenvalue weighted by Crippen LogP contribution is 2.28. The molecule has 0 bridgehead atoms. The van der Waals surface area contributed by atoms with Crippen LogP contribution in [0.2, 0.25) is 0 Å². The Morgan fingerprint density at radius 1 is 1.24 bits per heavy atom. The Kier molecular flexibility index (Phi) is 3.06. The Labute approximate surface area is 122 Å². The maximum Gasteiger partial charge on any atom is 0.298 e. The number of hydrogen-bond donors (Lipinski definition) is 0. The lowest BCUT2D eigenvalue weighted by atomic mass is 10.0. The Hall–Kier alpha value is -2.37. The van der Waals surface area contributed by atoms with Crippen LogP contribution >= 0.6 is 0 Å². The fraction of sp³-hybridized carbons (Fsp3) is 0.400. The SMILES string of the molecule is c1ccc2oc(N3CCCCC3Cn3cncn3)nc2c1. The smallest absolute Gasteiger partial charge is 0.298 e. The molecule has 0 saturated carbocycles. The zero-order valence-corrected chi connectivity index (χ0v) is 11.7. The quantitative estimate of drug-likeness (QED) is 0.739. The van der Waals surface area contributed by atoms with E-state index in [0.29, 0.717) is 6.04 Å². The predicted octanol–water partition coefficient (Wildman–Crippen LogP) is 2.48. The van der Waals surface area contributed by atoms with Crippen molar-refractivity contribution in [3.63, 3.8) is 0 Å². The maximum atomic E-state index is 5.93. The molecule has 1 aliphatic rings. The highest BCUT2D eigenvalue weighted by Gasteiger charge is 2.26. The summed E-state index contributed by atoms with van der Waals surface area (Å²) in [4.78, 5) is 10.9. The van der Waals surface area contributed by atoms with E-state index in [-0.39, 0.29) is 0 Å². The van der Waals surface area contributed by atoms with Gasteiger partial charge in [0.2, 0.25) is 0 Å². The minimum Gasteiger partial charge on any atom is -0.423 e. The molecule has 3 aromatic rings. The van der Waals surface area contributed by atoms with Gasteiger partial charge >= 0.3 is 0 Å². The van der Waals surface area contributed by atoms with E-state index < -0.39 is 0 Å². The molecule has 1 aliphatic heterocycles. The van der Waals surface area contributed by atoms with E-state index in [1.54, 1.807) is 12.7 Å². The number of piperidine rings is 1. The lowest BCUT2D eigenvalue weighted by Gasteiger charge is -2.34. The number of oxazole rings is 1. The highest BCUT2D eigenvalue weighted by atomic mass is 16.4. The van der Waals surface area contributed by atoms with Gasteiger partial charge in [0.1, 0.15) is 18.2 Å². The average Bonchev–Trinajstić information content (AvgIpc) is 3.16. The minimum atomic E-state index is 0.355. The van der Waals surface area contributed by atoms with Crippen LogP contribution in [-0.2, 0) is 6.54 Å². The first kappa shape index (κ1) is 12.4. The molecule has 108 valence electrons. The maximum absolute atomic E-state index is 5.93. The van der Waals surface area contributed by atoms with Gasteiger partial charge in [-0.2, -0.15) is 10.1 Å². The molecule has 0 N–H and O–H groups in total. The van der Waals surface area contributed by atoms with Crippen molar-refractivity contribution in [3.05, 3.63) is 36.9 Å². The first-order valence-corrected chi connectivity index (χ1v) is 7.35. The van der Waals surface area contributed by atoms with Gasteiger partial charge in [-0.15, -0.1) is 0 Å². The zero-order chi connectivity index (χ0) is 14.1. The molecule has 1 saturated heterocycles. The summed E-state index contributed by atoms with van der Waals surface area (Å²) in [6.45, 7) is 1.80. The molecule has 21 heavy (non-hydrogen) atoms. The van der Waals surface area contributed by atoms with Crippen LogP contribution in [0, 0.1) is 0 Å². The van der Waals surface area contributed by atoms with Gasteiger partial charge < -0.3 is 9.32 Å². The Bertz CT molecular complexity index is 688. The van der Waals surface area contributed by atoms with E-state index in [1.807, 2.05) is 28.9 Å². The summed E-state index contributed by atoms with van der Waals surface area (Å²) in [6.07, 6.45) is 6.87. The van der Waals surface area contributed by atoms with Gasteiger partial charge in [0, 0.05) is 6.54 Å². The minimum absolute atomic E-state index is 0.355. The Morgan fingerprint density at radius 2 is 2.19 bits per heavy atom. The van der Waals surface area contributed by atoms with Crippen LogP contribution in [0.25, 0.3) is 11.1 Å². The third kappa shape index (κ3) is 2.37. The van der Waals surface area contributed by atoms with Gasteiger partial charge in [-0.3, -0.25) is 4.68 Å². The average molecular weight is 283 g/mol. The van der Waals surface area contributed by atoms with Gasteiger partial charge in [-0.25, -0.2) is 4.98 Å². The first-order valence-electron chi connectivity index (χ1n) is 7.35. The molecule has 0 aliphatic carbocycles. The Balaban J connectivity index is 1.63. The highest BCUT2D eigenvalue weighted by molar-refractivity contribution is 5.74. The Morgan fingerprint density at radius 3 is 3.05 bits per heavy atom. The van der Waals surface area contributed by atoms with E-state index in [9.17, 15) is 0 Å². The zero-order valence-electron chi connectivity index (χ0n) is 11.7. The van der Waals surface area contributed by atoms with Gasteiger partial charge in [0.15, 0.2) is 5.58 Å². The molecule has 1 unspecified atom stereocenters. The molecule has 1 atom stereocenters. The number of aromatic nitrogens is 4. The molecular formula is C15H17N5O. The summed E-state index contributed by atoms with van der Waals surface area (Å²) in [5, 5.41) is 4.21. The molecule has 0 spiro atoms. The normalized spacial score (nSPS) is 19.2. The van der Waals surface area contributed by atoms with Crippen molar-refractivity contribution in [2.75, 3.05) is 11.4 Å². The van der Waals surface area contributed by atoms with Crippen LogP contribution in [0.5, 0.6) is 0 Å². The van der Waals surface area contributed by atoms with E-state index in [0.717, 1.165) is 36.6 Å². The number of benzene rings is 1. The molecule has 2 aromatic heterocycles. The first-order chi connectivity index (χ1) is 10.4. The number of rotatable bonds is 3. The second-order valence-corrected chi connectivity index (χ2v) is 5.42. The van der Waals surface area contributed by atoms with E-state index in [1.165, 1.54) is 12.8 Å².